The number of nitrogens with one attached hydrogen (secondary N) is 1. The first-order valence-corrected chi connectivity index (χ1v) is 7.18. The summed E-state index contributed by atoms with van der Waals surface area (Å²) < 4.78 is 5.78. The highest BCUT2D eigenvalue weighted by molar-refractivity contribution is 7.98. The highest BCUT2D eigenvalue weighted by Crippen LogP contribution is 2.27. The normalized spacial score (nSPS) is 9.90. The van der Waals surface area contributed by atoms with Gasteiger partial charge in [0.15, 0.2) is 5.16 Å². The van der Waals surface area contributed by atoms with Crippen molar-refractivity contribution in [1.29, 1.82) is 5.26 Å². The molecule has 0 unspecified atom stereocenters. The van der Waals surface area contributed by atoms with E-state index in [9.17, 15) is 0 Å². The van der Waals surface area contributed by atoms with Crippen LogP contribution in [0, 0.1) is 18.3 Å². The molecule has 1 N–H and O–H groups in total. The Morgan fingerprint density at radius 1 is 1.30 bits per heavy atom. The number of anilines is 1. The lowest BCUT2D eigenvalue weighted by molar-refractivity contribution is 0.452. The summed E-state index contributed by atoms with van der Waals surface area (Å²) in [6.07, 6.45) is 1.90. The molecule has 2 rings (SSSR count). The molecule has 0 aliphatic heterocycles. The third-order valence-electron chi connectivity index (χ3n) is 2.65. The molecule has 0 saturated carbocycles. The lowest BCUT2D eigenvalue weighted by atomic mass is 10.1. The zero-order chi connectivity index (χ0) is 14.5. The smallest absolute Gasteiger partial charge is 0.225 e. The summed E-state index contributed by atoms with van der Waals surface area (Å²) in [5, 5.41) is 12.5. The molecular formula is C14H14N4OS. The molecular weight excluding hydrogens is 272 g/mol. The molecule has 2 aromatic rings. The van der Waals surface area contributed by atoms with E-state index < -0.39 is 0 Å². The van der Waals surface area contributed by atoms with Crippen molar-refractivity contribution in [3.05, 3.63) is 35.4 Å². The van der Waals surface area contributed by atoms with Crippen LogP contribution in [0.1, 0.15) is 11.1 Å². The van der Waals surface area contributed by atoms with Gasteiger partial charge >= 0.3 is 0 Å². The van der Waals surface area contributed by atoms with Gasteiger partial charge in [-0.2, -0.15) is 10.2 Å². The first kappa shape index (κ1) is 14.2. The molecule has 6 heteroatoms. The van der Waals surface area contributed by atoms with Crippen molar-refractivity contribution in [3.63, 3.8) is 0 Å². The molecule has 20 heavy (non-hydrogen) atoms. The predicted molar refractivity (Wildman–Crippen MR) is 79.3 cm³/mol. The zero-order valence-electron chi connectivity index (χ0n) is 11.5. The van der Waals surface area contributed by atoms with E-state index in [1.54, 1.807) is 25.2 Å². The molecule has 1 aromatic carbocycles. The van der Waals surface area contributed by atoms with Crippen molar-refractivity contribution in [2.24, 2.45) is 0 Å². The molecule has 0 spiro atoms. The van der Waals surface area contributed by atoms with Gasteiger partial charge in [-0.15, -0.1) is 0 Å². The Bertz CT molecular complexity index is 644. The Labute approximate surface area is 122 Å². The van der Waals surface area contributed by atoms with Crippen molar-refractivity contribution >= 4 is 17.6 Å². The zero-order valence-corrected chi connectivity index (χ0v) is 12.3. The maximum absolute atomic E-state index is 8.94. The van der Waals surface area contributed by atoms with Crippen LogP contribution in [-0.4, -0.2) is 23.3 Å². The van der Waals surface area contributed by atoms with Crippen molar-refractivity contribution in [1.82, 2.24) is 9.97 Å². The number of hydrogen-bond donors (Lipinski definition) is 1. The van der Waals surface area contributed by atoms with Gasteiger partial charge in [-0.25, -0.2) is 4.98 Å². The third kappa shape index (κ3) is 3.19. The topological polar surface area (TPSA) is 70.8 Å². The van der Waals surface area contributed by atoms with Crippen molar-refractivity contribution in [2.75, 3.05) is 18.6 Å². The molecule has 0 aliphatic rings. The second-order valence-corrected chi connectivity index (χ2v) is 4.80. The Morgan fingerprint density at radius 3 is 2.75 bits per heavy atom. The molecule has 1 aromatic heterocycles. The van der Waals surface area contributed by atoms with Crippen LogP contribution < -0.4 is 10.1 Å². The van der Waals surface area contributed by atoms with Gasteiger partial charge in [0.05, 0.1) is 11.6 Å². The fourth-order valence-electron chi connectivity index (χ4n) is 1.57. The standard InChI is InChI=1S/C14H14N4OS/c1-9-4-5-10(8-15)6-11(9)19-13-7-12(16-2)17-14(18-13)20-3/h4-7H,1-3H3,(H,16,17,18). The summed E-state index contributed by atoms with van der Waals surface area (Å²) in [6, 6.07) is 9.13. The van der Waals surface area contributed by atoms with Crippen molar-refractivity contribution in [2.45, 2.75) is 12.1 Å². The Hall–Kier alpha value is -2.26. The van der Waals surface area contributed by atoms with Crippen LogP contribution in [0.3, 0.4) is 0 Å². The molecule has 0 fully saturated rings. The van der Waals surface area contributed by atoms with E-state index in [2.05, 4.69) is 21.4 Å². The number of benzene rings is 1. The fourth-order valence-corrected chi connectivity index (χ4v) is 1.94. The molecule has 102 valence electrons. The van der Waals surface area contributed by atoms with E-state index in [0.717, 1.165) is 5.56 Å². The van der Waals surface area contributed by atoms with E-state index in [4.69, 9.17) is 10.00 Å². The molecule has 0 amide bonds. The monoisotopic (exact) mass is 286 g/mol. The van der Waals surface area contributed by atoms with Gasteiger partial charge in [0, 0.05) is 13.1 Å². The minimum atomic E-state index is 0.451. The van der Waals surface area contributed by atoms with Crippen LogP contribution in [-0.2, 0) is 0 Å². The summed E-state index contributed by atoms with van der Waals surface area (Å²) >= 11 is 1.44. The number of aromatic nitrogens is 2. The average Bonchev–Trinajstić information content (AvgIpc) is 2.49. The molecule has 0 saturated heterocycles. The van der Waals surface area contributed by atoms with E-state index >= 15 is 0 Å². The fraction of sp³-hybridized carbons (Fsp3) is 0.214. The summed E-state index contributed by atoms with van der Waals surface area (Å²) in [6.45, 7) is 1.92. The van der Waals surface area contributed by atoms with Gasteiger partial charge in [0.2, 0.25) is 5.88 Å². The molecule has 5 nitrogen and oxygen atoms in total. The lowest BCUT2D eigenvalue weighted by Gasteiger charge is -2.10. The summed E-state index contributed by atoms with van der Waals surface area (Å²) in [5.74, 6) is 1.76. The van der Waals surface area contributed by atoms with Crippen LogP contribution in [0.4, 0.5) is 5.82 Å². The number of thioether (sulfide) groups is 1. The Morgan fingerprint density at radius 2 is 2.10 bits per heavy atom. The number of nitrogens with zero attached hydrogens (tertiary/aromatic N) is 3. The Kier molecular flexibility index (Phi) is 4.43. The SMILES string of the molecule is CNc1cc(Oc2cc(C#N)ccc2C)nc(SC)n1. The summed E-state index contributed by atoms with van der Waals surface area (Å²) in [4.78, 5) is 8.58. The molecule has 0 bridgehead atoms. The van der Waals surface area contributed by atoms with Gasteiger partial charge in [-0.05, 0) is 30.9 Å². The Balaban J connectivity index is 2.36. The molecule has 0 aliphatic carbocycles. The van der Waals surface area contributed by atoms with E-state index in [1.165, 1.54) is 11.8 Å². The number of rotatable bonds is 4. The minimum absolute atomic E-state index is 0.451. The largest absolute Gasteiger partial charge is 0.438 e. The van der Waals surface area contributed by atoms with Crippen molar-refractivity contribution < 1.29 is 4.74 Å². The lowest BCUT2D eigenvalue weighted by Crippen LogP contribution is -1.98. The number of aryl methyl sites for hydroxylation is 1. The van der Waals surface area contributed by atoms with E-state index in [0.29, 0.717) is 28.2 Å². The van der Waals surface area contributed by atoms with Crippen LogP contribution in [0.25, 0.3) is 0 Å². The van der Waals surface area contributed by atoms with E-state index in [-0.39, 0.29) is 0 Å². The van der Waals surface area contributed by atoms with Crippen LogP contribution >= 0.6 is 11.8 Å². The van der Waals surface area contributed by atoms with Gasteiger partial charge in [-0.3, -0.25) is 0 Å². The summed E-state index contributed by atoms with van der Waals surface area (Å²) in [5.41, 5.74) is 1.50. The second kappa shape index (κ2) is 6.26. The van der Waals surface area contributed by atoms with Crippen LogP contribution in [0.15, 0.2) is 29.4 Å². The van der Waals surface area contributed by atoms with E-state index in [1.807, 2.05) is 19.2 Å². The quantitative estimate of drug-likeness (QED) is 0.687. The number of hydrogen-bond acceptors (Lipinski definition) is 6. The van der Waals surface area contributed by atoms with Gasteiger partial charge in [-0.1, -0.05) is 17.8 Å². The van der Waals surface area contributed by atoms with Crippen molar-refractivity contribution in [3.8, 4) is 17.7 Å². The molecule has 0 radical (unpaired) electrons. The van der Waals surface area contributed by atoms with Gasteiger partial charge in [0.25, 0.3) is 0 Å². The molecule has 1 heterocycles. The first-order valence-electron chi connectivity index (χ1n) is 5.95. The first-order chi connectivity index (χ1) is 9.66. The second-order valence-electron chi connectivity index (χ2n) is 4.02. The average molecular weight is 286 g/mol. The van der Waals surface area contributed by atoms with Crippen LogP contribution in [0.2, 0.25) is 0 Å². The van der Waals surface area contributed by atoms with Crippen LogP contribution in [0.5, 0.6) is 11.6 Å². The summed E-state index contributed by atoms with van der Waals surface area (Å²) in [7, 11) is 1.79. The predicted octanol–water partition coefficient (Wildman–Crippen LogP) is 3.21. The number of nitriles is 1. The molecule has 0 atom stereocenters. The maximum atomic E-state index is 8.94. The third-order valence-corrected chi connectivity index (χ3v) is 3.20. The van der Waals surface area contributed by atoms with Gasteiger partial charge in [0.1, 0.15) is 11.6 Å². The maximum Gasteiger partial charge on any atom is 0.225 e. The minimum Gasteiger partial charge on any atom is -0.438 e. The van der Waals surface area contributed by atoms with Gasteiger partial charge < -0.3 is 10.1 Å². The highest BCUT2D eigenvalue weighted by Gasteiger charge is 2.08. The number of ether oxygens (including phenoxy) is 1. The highest BCUT2D eigenvalue weighted by atomic mass is 32.2.